The Morgan fingerprint density at radius 3 is 2.38 bits per heavy atom. The van der Waals surface area contributed by atoms with Crippen molar-refractivity contribution >= 4 is 27.6 Å². The first-order valence-electron chi connectivity index (χ1n) is 11.4. The molecule has 1 aliphatic rings. The highest BCUT2D eigenvalue weighted by Gasteiger charge is 2.37. The molecule has 3 heterocycles. The fourth-order valence-electron chi connectivity index (χ4n) is 4.21. The Morgan fingerprint density at radius 1 is 1.08 bits per heavy atom. The van der Waals surface area contributed by atoms with Crippen molar-refractivity contribution in [3.05, 3.63) is 66.0 Å². The number of pyridine rings is 2. The number of alkyl halides is 3. The Kier molecular flexibility index (Phi) is 6.89. The Balaban J connectivity index is 1.62. The predicted octanol–water partition coefficient (Wildman–Crippen LogP) is 4.96. The number of carboxylic acid groups (broad SMARTS) is 1. The van der Waals surface area contributed by atoms with Crippen LogP contribution in [0.15, 0.2) is 59.8 Å². The van der Waals surface area contributed by atoms with Crippen LogP contribution in [0.25, 0.3) is 11.1 Å². The topological polar surface area (TPSA) is 112 Å². The lowest BCUT2D eigenvalue weighted by Gasteiger charge is -2.37. The molecule has 0 saturated carbocycles. The molecule has 3 aromatic rings. The molecule has 2 N–H and O–H groups in total. The summed E-state index contributed by atoms with van der Waals surface area (Å²) in [5.74, 6) is -0.786. The smallest absolute Gasteiger partial charge is 0.418 e. The van der Waals surface area contributed by atoms with E-state index >= 15 is 0 Å². The Hall–Kier alpha value is -3.67. The fourth-order valence-corrected chi connectivity index (χ4v) is 5.22. The summed E-state index contributed by atoms with van der Waals surface area (Å²) in [6.45, 7) is 4.10. The number of aliphatic carboxylic acids is 1. The molecule has 0 atom stereocenters. The van der Waals surface area contributed by atoms with E-state index in [1.165, 1.54) is 24.4 Å². The molecule has 0 bridgehead atoms. The molecule has 1 aromatic carbocycles. The van der Waals surface area contributed by atoms with Crippen LogP contribution in [0.1, 0.15) is 30.9 Å². The fraction of sp³-hybridized carbons (Fsp3) is 0.320. The van der Waals surface area contributed by atoms with Gasteiger partial charge in [0.15, 0.2) is 0 Å². The number of hydrogen-bond acceptors (Lipinski definition) is 6. The minimum Gasteiger partial charge on any atom is -0.481 e. The van der Waals surface area contributed by atoms with Crippen molar-refractivity contribution in [1.82, 2.24) is 9.97 Å². The molecule has 0 aliphatic carbocycles. The van der Waals surface area contributed by atoms with Gasteiger partial charge in [-0.15, -0.1) is 0 Å². The quantitative estimate of drug-likeness (QED) is 0.460. The second kappa shape index (κ2) is 9.66. The van der Waals surface area contributed by atoms with E-state index in [0.717, 1.165) is 6.07 Å². The zero-order chi connectivity index (χ0) is 27.0. The molecule has 0 unspecified atom stereocenters. The van der Waals surface area contributed by atoms with Crippen LogP contribution >= 0.6 is 0 Å². The number of carboxylic acids is 1. The standard InChI is InChI=1S/C25H25F3N4O4S/c1-16-5-3-4-6-18(16)19-14-21(30-15-20(19)25(26,27)28)31-37(35,36)17-7-10-29-22(13-17)32-11-8-24(2,9-12-32)23(33)34/h3-7,10,13-15H,8-9,11-12H2,1-2H3,(H,30,31)(H,33,34). The maximum Gasteiger partial charge on any atom is 0.418 e. The van der Waals surface area contributed by atoms with Crippen molar-refractivity contribution < 1.29 is 31.5 Å². The van der Waals surface area contributed by atoms with Gasteiger partial charge in [-0.25, -0.2) is 18.4 Å². The first-order valence-corrected chi connectivity index (χ1v) is 12.9. The van der Waals surface area contributed by atoms with Gasteiger partial charge < -0.3 is 10.0 Å². The van der Waals surface area contributed by atoms with Crippen LogP contribution in [0.4, 0.5) is 24.8 Å². The second-order valence-electron chi connectivity index (χ2n) is 9.24. The van der Waals surface area contributed by atoms with Gasteiger partial charge in [0.2, 0.25) is 0 Å². The van der Waals surface area contributed by atoms with E-state index in [-0.39, 0.29) is 16.3 Å². The lowest BCUT2D eigenvalue weighted by Crippen LogP contribution is -2.43. The van der Waals surface area contributed by atoms with E-state index in [9.17, 15) is 31.5 Å². The number of halogens is 3. The van der Waals surface area contributed by atoms with Gasteiger partial charge in [-0.2, -0.15) is 13.2 Å². The Labute approximate surface area is 212 Å². The lowest BCUT2D eigenvalue weighted by atomic mass is 9.80. The van der Waals surface area contributed by atoms with E-state index in [1.807, 2.05) is 0 Å². The van der Waals surface area contributed by atoms with Gasteiger partial charge in [0.05, 0.1) is 15.9 Å². The van der Waals surface area contributed by atoms with Gasteiger partial charge >= 0.3 is 12.1 Å². The second-order valence-corrected chi connectivity index (χ2v) is 10.9. The van der Waals surface area contributed by atoms with Crippen LogP contribution in [-0.2, 0) is 21.0 Å². The average Bonchev–Trinajstić information content (AvgIpc) is 2.84. The lowest BCUT2D eigenvalue weighted by molar-refractivity contribution is -0.149. The molecule has 1 saturated heterocycles. The molecule has 2 aromatic heterocycles. The van der Waals surface area contributed by atoms with E-state index < -0.39 is 33.1 Å². The number of anilines is 2. The highest BCUT2D eigenvalue weighted by Crippen LogP contribution is 2.39. The summed E-state index contributed by atoms with van der Waals surface area (Å²) >= 11 is 0. The van der Waals surface area contributed by atoms with Crippen molar-refractivity contribution in [2.24, 2.45) is 5.41 Å². The van der Waals surface area contributed by atoms with Crippen molar-refractivity contribution in [1.29, 1.82) is 0 Å². The summed E-state index contributed by atoms with van der Waals surface area (Å²) in [5, 5.41) is 9.42. The van der Waals surface area contributed by atoms with Crippen LogP contribution < -0.4 is 9.62 Å². The Bertz CT molecular complexity index is 1440. The summed E-state index contributed by atoms with van der Waals surface area (Å²) in [7, 11) is -4.22. The minimum atomic E-state index is -4.69. The maximum absolute atomic E-state index is 13.7. The van der Waals surface area contributed by atoms with E-state index in [1.54, 1.807) is 36.9 Å². The number of nitrogens with one attached hydrogen (secondary N) is 1. The molecule has 37 heavy (non-hydrogen) atoms. The van der Waals surface area contributed by atoms with Gasteiger partial charge in [-0.3, -0.25) is 9.52 Å². The number of aryl methyl sites for hydroxylation is 1. The molecular weight excluding hydrogens is 509 g/mol. The molecule has 1 aliphatic heterocycles. The maximum atomic E-state index is 13.7. The molecule has 196 valence electrons. The molecule has 0 spiro atoms. The molecule has 1 fully saturated rings. The van der Waals surface area contributed by atoms with E-state index in [2.05, 4.69) is 14.7 Å². The first-order chi connectivity index (χ1) is 17.3. The van der Waals surface area contributed by atoms with Gasteiger partial charge in [-0.1, -0.05) is 24.3 Å². The number of piperidine rings is 1. The largest absolute Gasteiger partial charge is 0.481 e. The number of nitrogens with zero attached hydrogens (tertiary/aromatic N) is 3. The van der Waals surface area contributed by atoms with Gasteiger partial charge in [-0.05, 0) is 55.5 Å². The summed E-state index contributed by atoms with van der Waals surface area (Å²) in [6.07, 6.45) is -2.02. The van der Waals surface area contributed by atoms with Crippen LogP contribution in [0.2, 0.25) is 0 Å². The third-order valence-electron chi connectivity index (χ3n) is 6.62. The van der Waals surface area contributed by atoms with Crippen molar-refractivity contribution in [2.75, 3.05) is 22.7 Å². The molecule has 8 nitrogen and oxygen atoms in total. The molecule has 12 heteroatoms. The summed E-state index contributed by atoms with van der Waals surface area (Å²) < 4.78 is 69.6. The first kappa shape index (κ1) is 26.4. The minimum absolute atomic E-state index is 0.150. The van der Waals surface area contributed by atoms with Gasteiger partial charge in [0.25, 0.3) is 10.0 Å². The van der Waals surface area contributed by atoms with Gasteiger partial charge in [0, 0.05) is 31.5 Å². The summed E-state index contributed by atoms with van der Waals surface area (Å²) in [6, 6.07) is 10.2. The number of carbonyl (C=O) groups is 1. The third kappa shape index (κ3) is 5.53. The number of sulfonamides is 1. The number of benzene rings is 1. The number of rotatable bonds is 6. The van der Waals surface area contributed by atoms with Crippen LogP contribution in [0.3, 0.4) is 0 Å². The van der Waals surface area contributed by atoms with Crippen molar-refractivity contribution in [2.45, 2.75) is 37.8 Å². The highest BCUT2D eigenvalue weighted by molar-refractivity contribution is 7.92. The van der Waals surface area contributed by atoms with Crippen LogP contribution in [-0.4, -0.2) is 42.6 Å². The Morgan fingerprint density at radius 2 is 1.76 bits per heavy atom. The predicted molar refractivity (Wildman–Crippen MR) is 132 cm³/mol. The zero-order valence-corrected chi connectivity index (χ0v) is 20.9. The highest BCUT2D eigenvalue weighted by atomic mass is 32.2. The zero-order valence-electron chi connectivity index (χ0n) is 20.1. The van der Waals surface area contributed by atoms with Crippen molar-refractivity contribution in [3.8, 4) is 11.1 Å². The van der Waals surface area contributed by atoms with E-state index in [0.29, 0.717) is 49.1 Å². The molecular formula is C25H25F3N4O4S. The number of hydrogen-bond donors (Lipinski definition) is 2. The molecule has 0 amide bonds. The van der Waals surface area contributed by atoms with Crippen LogP contribution in [0, 0.1) is 12.3 Å². The van der Waals surface area contributed by atoms with Gasteiger partial charge in [0.1, 0.15) is 11.6 Å². The molecule has 0 radical (unpaired) electrons. The third-order valence-corrected chi connectivity index (χ3v) is 7.97. The summed E-state index contributed by atoms with van der Waals surface area (Å²) in [5.41, 5.74) is -1.13. The van der Waals surface area contributed by atoms with Crippen LogP contribution in [0.5, 0.6) is 0 Å². The SMILES string of the molecule is Cc1ccccc1-c1cc(NS(=O)(=O)c2ccnc(N3CCC(C)(C(=O)O)CC3)c2)ncc1C(F)(F)F. The molecule has 4 rings (SSSR count). The summed E-state index contributed by atoms with van der Waals surface area (Å²) in [4.78, 5) is 21.1. The number of aromatic nitrogens is 2. The van der Waals surface area contributed by atoms with E-state index in [4.69, 9.17) is 0 Å². The normalized spacial score (nSPS) is 15.9. The average molecular weight is 535 g/mol. The van der Waals surface area contributed by atoms with Crippen molar-refractivity contribution in [3.63, 3.8) is 0 Å². The monoisotopic (exact) mass is 534 g/mol.